The SMILES string of the molecule is Nc1ncc(-c2nc(N3CCOCC3)nc(N3CCN(C(=O)COCC4CCCNC4)CC3)n2)c(C(F)F)n1. The average Bonchev–Trinajstić information content (AvgIpc) is 2.98. The number of hydrogen-bond donors (Lipinski definition) is 2. The second-order valence-corrected chi connectivity index (χ2v) is 9.78. The van der Waals surface area contributed by atoms with Crippen LogP contribution in [-0.2, 0) is 14.3 Å². The van der Waals surface area contributed by atoms with Crippen LogP contribution in [0.1, 0.15) is 25.0 Å². The first kappa shape index (κ1) is 27.3. The van der Waals surface area contributed by atoms with Gasteiger partial charge in [0.2, 0.25) is 23.8 Å². The van der Waals surface area contributed by atoms with Gasteiger partial charge >= 0.3 is 0 Å². The number of ether oxygens (including phenoxy) is 2. The number of amides is 1. The zero-order valence-corrected chi connectivity index (χ0v) is 21.8. The highest BCUT2D eigenvalue weighted by atomic mass is 19.3. The number of anilines is 3. The number of rotatable bonds is 8. The summed E-state index contributed by atoms with van der Waals surface area (Å²) in [6.45, 7) is 6.61. The molecule has 3 saturated heterocycles. The van der Waals surface area contributed by atoms with Gasteiger partial charge in [-0.25, -0.2) is 18.7 Å². The summed E-state index contributed by atoms with van der Waals surface area (Å²) in [6, 6.07) is 0. The molecule has 0 spiro atoms. The average molecular weight is 549 g/mol. The smallest absolute Gasteiger partial charge is 0.281 e. The molecule has 212 valence electrons. The molecule has 15 heteroatoms. The van der Waals surface area contributed by atoms with E-state index < -0.39 is 12.1 Å². The minimum atomic E-state index is -2.89. The number of carbonyl (C=O) groups is 1. The number of aromatic nitrogens is 5. The maximum atomic E-state index is 13.8. The van der Waals surface area contributed by atoms with Crippen LogP contribution in [0, 0.1) is 5.92 Å². The second kappa shape index (κ2) is 12.7. The highest BCUT2D eigenvalue weighted by Gasteiger charge is 2.27. The second-order valence-electron chi connectivity index (χ2n) is 9.78. The Morgan fingerprint density at radius 2 is 1.79 bits per heavy atom. The zero-order valence-electron chi connectivity index (χ0n) is 21.8. The Morgan fingerprint density at radius 1 is 1.08 bits per heavy atom. The largest absolute Gasteiger partial charge is 0.378 e. The number of nitrogens with zero attached hydrogens (tertiary/aromatic N) is 8. The standard InChI is InChI=1S/C24H34F2N10O3/c25-20(26)19-17(13-29-22(27)30-19)21-31-23(33-24(32-21)36-8-10-38-11-9-36)35-6-4-34(5-7-35)18(37)15-39-14-16-2-1-3-28-12-16/h13,16,20,28H,1-12,14-15H2,(H2,27,29,30). The van der Waals surface area contributed by atoms with Crippen molar-refractivity contribution in [2.24, 2.45) is 5.92 Å². The lowest BCUT2D eigenvalue weighted by molar-refractivity contribution is -0.137. The van der Waals surface area contributed by atoms with Gasteiger partial charge in [-0.3, -0.25) is 4.79 Å². The molecule has 2 aromatic heterocycles. The third kappa shape index (κ3) is 6.83. The van der Waals surface area contributed by atoms with E-state index in [2.05, 4.69) is 30.2 Å². The van der Waals surface area contributed by atoms with Crippen LogP contribution in [0.3, 0.4) is 0 Å². The van der Waals surface area contributed by atoms with Crippen LogP contribution >= 0.6 is 0 Å². The van der Waals surface area contributed by atoms with E-state index in [9.17, 15) is 13.6 Å². The number of nitrogens with one attached hydrogen (secondary N) is 1. The molecule has 3 aliphatic heterocycles. The van der Waals surface area contributed by atoms with E-state index in [1.165, 1.54) is 6.20 Å². The molecule has 5 rings (SSSR count). The molecule has 0 aromatic carbocycles. The summed E-state index contributed by atoms with van der Waals surface area (Å²) in [4.78, 5) is 39.6. The first-order valence-corrected chi connectivity index (χ1v) is 13.3. The quantitative estimate of drug-likeness (QED) is 0.469. The fourth-order valence-corrected chi connectivity index (χ4v) is 4.89. The van der Waals surface area contributed by atoms with E-state index in [1.807, 2.05) is 9.80 Å². The summed E-state index contributed by atoms with van der Waals surface area (Å²) in [6.07, 6.45) is 0.571. The van der Waals surface area contributed by atoms with Crippen molar-refractivity contribution >= 4 is 23.8 Å². The highest BCUT2D eigenvalue weighted by Crippen LogP contribution is 2.30. The van der Waals surface area contributed by atoms with E-state index in [-0.39, 0.29) is 29.9 Å². The monoisotopic (exact) mass is 548 g/mol. The summed E-state index contributed by atoms with van der Waals surface area (Å²) < 4.78 is 38.8. The molecule has 0 saturated carbocycles. The Balaban J connectivity index is 1.29. The van der Waals surface area contributed by atoms with Crippen molar-refractivity contribution in [1.29, 1.82) is 0 Å². The molecule has 2 aromatic rings. The maximum Gasteiger partial charge on any atom is 0.281 e. The van der Waals surface area contributed by atoms with E-state index in [0.29, 0.717) is 76.9 Å². The molecule has 39 heavy (non-hydrogen) atoms. The lowest BCUT2D eigenvalue weighted by atomic mass is 10.0. The van der Waals surface area contributed by atoms with Crippen molar-refractivity contribution < 1.29 is 23.0 Å². The van der Waals surface area contributed by atoms with Gasteiger partial charge in [-0.2, -0.15) is 15.0 Å². The van der Waals surface area contributed by atoms with Crippen LogP contribution in [-0.4, -0.2) is 115 Å². The number of hydrogen-bond acceptors (Lipinski definition) is 12. The zero-order chi connectivity index (χ0) is 27.2. The topological polar surface area (TPSA) is 148 Å². The van der Waals surface area contributed by atoms with Crippen molar-refractivity contribution in [1.82, 2.24) is 35.1 Å². The minimum Gasteiger partial charge on any atom is -0.378 e. The molecule has 0 radical (unpaired) electrons. The third-order valence-electron chi connectivity index (χ3n) is 7.08. The predicted octanol–water partition coefficient (Wildman–Crippen LogP) is 0.350. The van der Waals surface area contributed by atoms with Gasteiger partial charge in [0.05, 0.1) is 25.4 Å². The number of nitrogens with two attached hydrogens (primary N) is 1. The maximum absolute atomic E-state index is 13.8. The van der Waals surface area contributed by atoms with Gasteiger partial charge in [0.1, 0.15) is 12.3 Å². The molecule has 3 fully saturated rings. The molecule has 0 bridgehead atoms. The number of morpholine rings is 1. The molecule has 1 atom stereocenters. The van der Waals surface area contributed by atoms with Crippen LogP contribution in [0.5, 0.6) is 0 Å². The molecule has 5 heterocycles. The normalized spacial score (nSPS) is 20.5. The van der Waals surface area contributed by atoms with Gasteiger partial charge in [0, 0.05) is 52.0 Å². The summed E-state index contributed by atoms with van der Waals surface area (Å²) in [7, 11) is 0. The fourth-order valence-electron chi connectivity index (χ4n) is 4.89. The summed E-state index contributed by atoms with van der Waals surface area (Å²) in [5.41, 5.74) is 5.02. The Hall–Kier alpha value is -3.30. The summed E-state index contributed by atoms with van der Waals surface area (Å²) >= 11 is 0. The highest BCUT2D eigenvalue weighted by molar-refractivity contribution is 5.77. The Morgan fingerprint density at radius 3 is 2.46 bits per heavy atom. The molecule has 3 aliphatic rings. The molecular formula is C24H34F2N10O3. The van der Waals surface area contributed by atoms with Crippen LogP contribution in [0.2, 0.25) is 0 Å². The van der Waals surface area contributed by atoms with Crippen LogP contribution in [0.4, 0.5) is 26.6 Å². The third-order valence-corrected chi connectivity index (χ3v) is 7.08. The van der Waals surface area contributed by atoms with Crippen LogP contribution in [0.25, 0.3) is 11.4 Å². The van der Waals surface area contributed by atoms with Gasteiger partial charge in [-0.05, 0) is 25.3 Å². The number of carbonyl (C=O) groups excluding carboxylic acids is 1. The lowest BCUT2D eigenvalue weighted by Crippen LogP contribution is -2.50. The number of piperidine rings is 1. The molecule has 3 N–H and O–H groups in total. The molecule has 0 aliphatic carbocycles. The van der Waals surface area contributed by atoms with Gasteiger partial charge < -0.3 is 35.2 Å². The van der Waals surface area contributed by atoms with Crippen LogP contribution < -0.4 is 20.9 Å². The van der Waals surface area contributed by atoms with Gasteiger partial charge in [0.25, 0.3) is 6.43 Å². The lowest BCUT2D eigenvalue weighted by Gasteiger charge is -2.35. The van der Waals surface area contributed by atoms with Crippen LogP contribution in [0.15, 0.2) is 6.20 Å². The molecule has 1 unspecified atom stereocenters. The van der Waals surface area contributed by atoms with Crippen molar-refractivity contribution in [2.75, 3.05) is 94.3 Å². The van der Waals surface area contributed by atoms with Crippen molar-refractivity contribution in [3.05, 3.63) is 11.9 Å². The molecule has 13 nitrogen and oxygen atoms in total. The van der Waals surface area contributed by atoms with E-state index in [1.54, 1.807) is 4.90 Å². The van der Waals surface area contributed by atoms with Gasteiger partial charge in [-0.15, -0.1) is 0 Å². The molecule has 1 amide bonds. The Bertz CT molecular complexity index is 1120. The van der Waals surface area contributed by atoms with Crippen molar-refractivity contribution in [3.63, 3.8) is 0 Å². The van der Waals surface area contributed by atoms with E-state index in [4.69, 9.17) is 15.2 Å². The number of nitrogen functional groups attached to an aromatic ring is 1. The van der Waals surface area contributed by atoms with E-state index >= 15 is 0 Å². The van der Waals surface area contributed by atoms with E-state index in [0.717, 1.165) is 25.9 Å². The number of piperazine rings is 1. The minimum absolute atomic E-state index is 0.00325. The van der Waals surface area contributed by atoms with Crippen molar-refractivity contribution in [3.8, 4) is 11.4 Å². The molecular weight excluding hydrogens is 514 g/mol. The van der Waals surface area contributed by atoms with Gasteiger partial charge in [0.15, 0.2) is 5.82 Å². The summed E-state index contributed by atoms with van der Waals surface area (Å²) in [5, 5.41) is 3.35. The Labute approximate surface area is 225 Å². The predicted molar refractivity (Wildman–Crippen MR) is 138 cm³/mol. The first-order chi connectivity index (χ1) is 19.0. The first-order valence-electron chi connectivity index (χ1n) is 13.3. The fraction of sp³-hybridized carbons (Fsp3) is 0.667. The number of halogens is 2. The van der Waals surface area contributed by atoms with Gasteiger partial charge in [-0.1, -0.05) is 0 Å². The number of alkyl halides is 2. The summed E-state index contributed by atoms with van der Waals surface area (Å²) in [5.74, 6) is 0.882. The van der Waals surface area contributed by atoms with Crippen molar-refractivity contribution in [2.45, 2.75) is 19.3 Å². The Kier molecular flexibility index (Phi) is 8.88.